The van der Waals surface area contributed by atoms with Gasteiger partial charge in [-0.25, -0.2) is 9.98 Å². The number of benzene rings is 8. The first-order valence-corrected chi connectivity index (χ1v) is 16.9. The number of aliphatic imine (C=N–C) groups is 2. The van der Waals surface area contributed by atoms with E-state index in [1.807, 2.05) is 18.2 Å². The van der Waals surface area contributed by atoms with Crippen LogP contribution in [0.4, 0.5) is 0 Å². The van der Waals surface area contributed by atoms with Crippen LogP contribution in [-0.2, 0) is 5.41 Å². The summed E-state index contributed by atoms with van der Waals surface area (Å²) in [6.45, 7) is 0. The monoisotopic (exact) mass is 623 g/mol. The first kappa shape index (κ1) is 26.7. The molecule has 228 valence electrons. The van der Waals surface area contributed by atoms with Crippen LogP contribution < -0.4 is 5.32 Å². The van der Waals surface area contributed by atoms with Crippen LogP contribution in [0.25, 0.3) is 43.4 Å². The summed E-state index contributed by atoms with van der Waals surface area (Å²) in [6, 6.07) is 59.6. The Bertz CT molecular complexity index is 2690. The molecule has 3 heteroatoms. The van der Waals surface area contributed by atoms with Gasteiger partial charge in [0.2, 0.25) is 0 Å². The topological polar surface area (TPSA) is 36.8 Å². The van der Waals surface area contributed by atoms with Crippen molar-refractivity contribution in [3.05, 3.63) is 203 Å². The predicted molar refractivity (Wildman–Crippen MR) is 202 cm³/mol. The van der Waals surface area contributed by atoms with E-state index in [0.29, 0.717) is 0 Å². The largest absolute Gasteiger partial charge is 0.344 e. The lowest BCUT2D eigenvalue weighted by Crippen LogP contribution is -2.33. The SMILES string of the molecule is c1ccc(C2=NC(c3ccc4ccccc4c3)NC(c3ccc4c(c3)-c3ccccc3C43c4cccc5ccc6cccc3c6c45)=N2)cc1. The Labute approximate surface area is 283 Å². The molecular weight excluding hydrogens is 595 g/mol. The van der Waals surface area contributed by atoms with E-state index >= 15 is 0 Å². The second kappa shape index (κ2) is 9.85. The number of hydrogen-bond acceptors (Lipinski definition) is 3. The minimum Gasteiger partial charge on any atom is -0.344 e. The highest BCUT2D eigenvalue weighted by molar-refractivity contribution is 6.18. The Morgan fingerprint density at radius 2 is 1.08 bits per heavy atom. The Morgan fingerprint density at radius 3 is 1.88 bits per heavy atom. The fourth-order valence-corrected chi connectivity index (χ4v) is 8.80. The van der Waals surface area contributed by atoms with Gasteiger partial charge in [-0.3, -0.25) is 0 Å². The van der Waals surface area contributed by atoms with Crippen molar-refractivity contribution in [3.8, 4) is 11.1 Å². The van der Waals surface area contributed by atoms with Crippen molar-refractivity contribution >= 4 is 44.0 Å². The van der Waals surface area contributed by atoms with Crippen molar-refractivity contribution in [2.24, 2.45) is 9.98 Å². The number of nitrogens with zero attached hydrogens (tertiary/aromatic N) is 2. The Morgan fingerprint density at radius 1 is 0.449 bits per heavy atom. The zero-order chi connectivity index (χ0) is 32.1. The van der Waals surface area contributed by atoms with Crippen molar-refractivity contribution in [2.45, 2.75) is 11.6 Å². The first-order valence-electron chi connectivity index (χ1n) is 16.9. The lowest BCUT2D eigenvalue weighted by molar-refractivity contribution is 0.675. The summed E-state index contributed by atoms with van der Waals surface area (Å²) < 4.78 is 0. The summed E-state index contributed by atoms with van der Waals surface area (Å²) >= 11 is 0. The summed E-state index contributed by atoms with van der Waals surface area (Å²) in [6.07, 6.45) is -0.279. The van der Waals surface area contributed by atoms with Gasteiger partial charge in [-0.2, -0.15) is 0 Å². The third kappa shape index (κ3) is 3.62. The van der Waals surface area contributed by atoms with E-state index in [2.05, 4.69) is 151 Å². The first-order chi connectivity index (χ1) is 24.3. The number of nitrogens with one attached hydrogen (secondary N) is 1. The molecule has 0 amide bonds. The van der Waals surface area contributed by atoms with Gasteiger partial charge < -0.3 is 5.32 Å². The highest BCUT2D eigenvalue weighted by Gasteiger charge is 2.50. The van der Waals surface area contributed by atoms with E-state index in [9.17, 15) is 0 Å². The normalized spacial score (nSPS) is 16.5. The molecule has 0 saturated heterocycles. The van der Waals surface area contributed by atoms with Crippen molar-refractivity contribution in [1.29, 1.82) is 0 Å². The molecule has 1 aliphatic heterocycles. The van der Waals surface area contributed by atoms with Crippen LogP contribution in [0.15, 0.2) is 174 Å². The molecule has 0 bridgehead atoms. The molecule has 1 unspecified atom stereocenters. The van der Waals surface area contributed by atoms with Gasteiger partial charge in [0.25, 0.3) is 0 Å². The molecule has 0 saturated carbocycles. The van der Waals surface area contributed by atoms with Crippen LogP contribution in [0, 0.1) is 0 Å². The van der Waals surface area contributed by atoms with Crippen molar-refractivity contribution in [2.75, 3.05) is 0 Å². The zero-order valence-corrected chi connectivity index (χ0v) is 26.6. The number of hydrogen-bond donors (Lipinski definition) is 1. The van der Waals surface area contributed by atoms with E-state index in [0.717, 1.165) is 28.4 Å². The van der Waals surface area contributed by atoms with Gasteiger partial charge in [-0.1, -0.05) is 152 Å². The van der Waals surface area contributed by atoms with E-state index in [1.165, 1.54) is 65.7 Å². The van der Waals surface area contributed by atoms with E-state index in [4.69, 9.17) is 9.98 Å². The standard InChI is InChI=1S/C46H29N3/c1-2-11-31(12-3-1)43-47-44(33-23-20-28-10-4-5-13-32(28)26-33)49-45(48-43)34-24-25-38-36(27-34)35-16-6-7-17-37(35)46(38)39-18-8-14-29-21-22-30-15-9-19-40(46)42(30)41(29)39/h1-27,44H,(H,47,48,49). The summed E-state index contributed by atoms with van der Waals surface area (Å²) in [4.78, 5) is 10.3. The molecule has 3 nitrogen and oxygen atoms in total. The number of fused-ring (bicyclic) bond motifs is 8. The smallest absolute Gasteiger partial charge is 0.159 e. The molecule has 2 aliphatic carbocycles. The van der Waals surface area contributed by atoms with Crippen molar-refractivity contribution in [1.82, 2.24) is 5.32 Å². The van der Waals surface area contributed by atoms with E-state index in [1.54, 1.807) is 0 Å². The van der Waals surface area contributed by atoms with Gasteiger partial charge in [0.15, 0.2) is 5.84 Å². The number of rotatable bonds is 3. The Kier molecular flexibility index (Phi) is 5.37. The molecule has 11 rings (SSSR count). The predicted octanol–water partition coefficient (Wildman–Crippen LogP) is 10.3. The fraction of sp³-hybridized carbons (Fsp3) is 0.0435. The number of amidine groups is 2. The van der Waals surface area contributed by atoms with E-state index < -0.39 is 0 Å². The van der Waals surface area contributed by atoms with Crippen LogP contribution in [0.3, 0.4) is 0 Å². The van der Waals surface area contributed by atoms with Crippen LogP contribution in [-0.4, -0.2) is 11.7 Å². The molecule has 8 aromatic rings. The van der Waals surface area contributed by atoms with Crippen molar-refractivity contribution < 1.29 is 0 Å². The van der Waals surface area contributed by atoms with Crippen LogP contribution in [0.2, 0.25) is 0 Å². The quantitative estimate of drug-likeness (QED) is 0.195. The molecule has 49 heavy (non-hydrogen) atoms. The highest BCUT2D eigenvalue weighted by atomic mass is 15.2. The van der Waals surface area contributed by atoms with Crippen molar-refractivity contribution in [3.63, 3.8) is 0 Å². The Hall–Kier alpha value is -6.32. The summed E-state index contributed by atoms with van der Waals surface area (Å²) in [7, 11) is 0. The summed E-state index contributed by atoms with van der Waals surface area (Å²) in [5.74, 6) is 1.56. The minimum atomic E-state index is -0.376. The van der Waals surface area contributed by atoms with E-state index in [-0.39, 0.29) is 11.6 Å². The lowest BCUT2D eigenvalue weighted by atomic mass is 9.70. The summed E-state index contributed by atoms with van der Waals surface area (Å²) in [5.41, 5.74) is 10.7. The zero-order valence-electron chi connectivity index (χ0n) is 26.6. The third-order valence-corrected chi connectivity index (χ3v) is 10.9. The molecule has 1 spiro atoms. The highest BCUT2D eigenvalue weighted by Crippen LogP contribution is 2.62. The third-order valence-electron chi connectivity index (χ3n) is 10.9. The maximum absolute atomic E-state index is 5.18. The molecule has 0 radical (unpaired) electrons. The molecule has 1 N–H and O–H groups in total. The van der Waals surface area contributed by atoms with Crippen LogP contribution in [0.5, 0.6) is 0 Å². The molecule has 3 aliphatic rings. The maximum Gasteiger partial charge on any atom is 0.159 e. The van der Waals surface area contributed by atoms with Gasteiger partial charge in [0, 0.05) is 11.1 Å². The van der Waals surface area contributed by atoms with Gasteiger partial charge >= 0.3 is 0 Å². The van der Waals surface area contributed by atoms with Gasteiger partial charge in [0.1, 0.15) is 12.0 Å². The summed E-state index contributed by atoms with van der Waals surface area (Å²) in [5, 5.41) is 11.5. The second-order valence-corrected chi connectivity index (χ2v) is 13.4. The molecule has 0 fully saturated rings. The molecule has 0 aromatic heterocycles. The maximum atomic E-state index is 5.18. The fourth-order valence-electron chi connectivity index (χ4n) is 8.80. The molecule has 8 aromatic carbocycles. The second-order valence-electron chi connectivity index (χ2n) is 13.4. The lowest BCUT2D eigenvalue weighted by Gasteiger charge is -2.31. The van der Waals surface area contributed by atoms with Gasteiger partial charge in [0.05, 0.1) is 5.41 Å². The molecular formula is C46H29N3. The molecule has 1 heterocycles. The average molecular weight is 624 g/mol. The Balaban J connectivity index is 1.11. The molecule has 1 atom stereocenters. The van der Waals surface area contributed by atoms with Crippen LogP contribution >= 0.6 is 0 Å². The van der Waals surface area contributed by atoms with Crippen LogP contribution in [0.1, 0.15) is 45.1 Å². The average Bonchev–Trinajstić information content (AvgIpc) is 3.65. The minimum absolute atomic E-state index is 0.279. The van der Waals surface area contributed by atoms with Gasteiger partial charge in [-0.05, 0) is 83.4 Å². The van der Waals surface area contributed by atoms with Gasteiger partial charge in [-0.15, -0.1) is 0 Å².